The summed E-state index contributed by atoms with van der Waals surface area (Å²) in [5, 5.41) is 5.00. The third kappa shape index (κ3) is 4.11. The van der Waals surface area contributed by atoms with Crippen molar-refractivity contribution in [3.8, 4) is 0 Å². The minimum Gasteiger partial charge on any atom is -0.363 e. The minimum absolute atomic E-state index is 0.120. The normalized spacial score (nSPS) is 16.2. The summed E-state index contributed by atoms with van der Waals surface area (Å²) in [6, 6.07) is 12.1. The van der Waals surface area contributed by atoms with Crippen LogP contribution in [0.25, 0.3) is 0 Å². The van der Waals surface area contributed by atoms with Crippen LogP contribution < -0.4 is 10.2 Å². The average Bonchev–Trinajstić information content (AvgIpc) is 3.60. The van der Waals surface area contributed by atoms with E-state index < -0.39 is 12.0 Å². The third-order valence-corrected chi connectivity index (χ3v) is 6.51. The molecule has 4 heterocycles. The fraction of sp³-hybridized carbons (Fsp3) is 0.208. The highest BCUT2D eigenvalue weighted by molar-refractivity contribution is 7.14. The lowest BCUT2D eigenvalue weighted by atomic mass is 10.1. The predicted molar refractivity (Wildman–Crippen MR) is 124 cm³/mol. The highest BCUT2D eigenvalue weighted by Gasteiger charge is 2.36. The lowest BCUT2D eigenvalue weighted by molar-refractivity contribution is -0.0376. The molecule has 168 valence electrons. The Morgan fingerprint density at radius 1 is 1.09 bits per heavy atom. The van der Waals surface area contributed by atoms with Crippen LogP contribution in [0.3, 0.4) is 0 Å². The first-order valence-corrected chi connectivity index (χ1v) is 11.5. The number of carbonyl (C=O) groups is 1. The lowest BCUT2D eigenvalue weighted by Crippen LogP contribution is -2.29. The van der Waals surface area contributed by atoms with Crippen LogP contribution in [0.1, 0.15) is 40.6 Å². The first-order chi connectivity index (χ1) is 16.0. The molecule has 1 saturated heterocycles. The van der Waals surface area contributed by atoms with E-state index >= 15 is 8.78 Å². The van der Waals surface area contributed by atoms with E-state index in [1.165, 1.54) is 54.2 Å². The number of carbonyl (C=O) groups excluding carboxylic acids is 1. The molecule has 0 saturated carbocycles. The number of rotatable bonds is 6. The second-order valence-electron chi connectivity index (χ2n) is 7.76. The zero-order valence-corrected chi connectivity index (χ0v) is 18.4. The molecule has 4 aromatic rings. The van der Waals surface area contributed by atoms with Gasteiger partial charge in [0.15, 0.2) is 5.13 Å². The van der Waals surface area contributed by atoms with E-state index in [0.29, 0.717) is 9.70 Å². The monoisotopic (exact) mass is 465 g/mol. The van der Waals surface area contributed by atoms with Gasteiger partial charge in [0.1, 0.15) is 5.69 Å². The fourth-order valence-electron chi connectivity index (χ4n) is 4.16. The van der Waals surface area contributed by atoms with E-state index in [1.54, 1.807) is 0 Å². The molecule has 5 rings (SSSR count). The molecule has 1 amide bonds. The number of aromatic nitrogens is 3. The lowest BCUT2D eigenvalue weighted by Gasteiger charge is -2.25. The van der Waals surface area contributed by atoms with Crippen molar-refractivity contribution in [1.29, 1.82) is 0 Å². The van der Waals surface area contributed by atoms with Gasteiger partial charge in [-0.25, -0.2) is 4.98 Å². The van der Waals surface area contributed by atoms with Crippen LogP contribution in [0.4, 0.5) is 19.6 Å². The second-order valence-corrected chi connectivity index (χ2v) is 8.62. The molecule has 9 heteroatoms. The summed E-state index contributed by atoms with van der Waals surface area (Å²) < 4.78 is 30.7. The Hall–Kier alpha value is -3.59. The van der Waals surface area contributed by atoms with Gasteiger partial charge in [-0.1, -0.05) is 18.2 Å². The second kappa shape index (κ2) is 8.74. The molecule has 0 unspecified atom stereocenters. The van der Waals surface area contributed by atoms with Crippen molar-refractivity contribution < 1.29 is 13.6 Å². The number of hydrogen-bond donors (Lipinski definition) is 1. The molecule has 1 N–H and O–H groups in total. The minimum atomic E-state index is -3.40. The van der Waals surface area contributed by atoms with Crippen LogP contribution in [-0.2, 0) is 6.05 Å². The molecular formula is C24H21F2N5OS. The molecule has 0 bridgehead atoms. The zero-order chi connectivity index (χ0) is 22.8. The van der Waals surface area contributed by atoms with E-state index in [9.17, 15) is 4.79 Å². The van der Waals surface area contributed by atoms with E-state index in [1.807, 2.05) is 23.6 Å². The van der Waals surface area contributed by atoms with Crippen molar-refractivity contribution in [2.24, 2.45) is 0 Å². The van der Waals surface area contributed by atoms with E-state index in [-0.39, 0.29) is 17.3 Å². The van der Waals surface area contributed by atoms with Gasteiger partial charge in [-0.2, -0.15) is 8.78 Å². The number of amides is 1. The summed E-state index contributed by atoms with van der Waals surface area (Å²) in [5.41, 5.74) is 1.60. The topological polar surface area (TPSA) is 63.1 Å². The number of pyridine rings is 1. The van der Waals surface area contributed by atoms with Gasteiger partial charge in [-0.05, 0) is 49.2 Å². The van der Waals surface area contributed by atoms with Gasteiger partial charge < -0.3 is 4.90 Å². The summed E-state index contributed by atoms with van der Waals surface area (Å²) in [4.78, 5) is 23.6. The molecule has 3 aromatic heterocycles. The van der Waals surface area contributed by atoms with Crippen LogP contribution in [-0.4, -0.2) is 27.0 Å². The van der Waals surface area contributed by atoms with Gasteiger partial charge in [-0.15, -0.1) is 11.3 Å². The van der Waals surface area contributed by atoms with Crippen LogP contribution in [0, 0.1) is 0 Å². The fourth-order valence-corrected chi connectivity index (χ4v) is 4.91. The summed E-state index contributed by atoms with van der Waals surface area (Å²) in [5.74, 6) is -0.638. The standard InChI is InChI=1S/C24H21F2N5OS/c25-24(26,17-10-12-27-13-11-17)31-15-5-9-21(31)22(32)29-23-28-19(16-33-23)20-8-4-14-30(20)18-6-2-1-3-7-18/h1-3,5-7,9-13,15-16,20H,4,8,14H2,(H,28,29,32)/t20-/m1/s1. The smallest absolute Gasteiger partial charge is 0.356 e. The molecular weight excluding hydrogens is 444 g/mol. The maximum atomic E-state index is 15.0. The van der Waals surface area contributed by atoms with E-state index in [0.717, 1.165) is 30.8 Å². The summed E-state index contributed by atoms with van der Waals surface area (Å²) in [6.45, 7) is 0.936. The Labute approximate surface area is 193 Å². The molecule has 0 radical (unpaired) electrons. The Kier molecular flexibility index (Phi) is 5.63. The van der Waals surface area contributed by atoms with Crippen LogP contribution in [0.2, 0.25) is 0 Å². The summed E-state index contributed by atoms with van der Waals surface area (Å²) in [6.07, 6.45) is 5.80. The number of alkyl halides is 2. The Morgan fingerprint density at radius 2 is 1.88 bits per heavy atom. The highest BCUT2D eigenvalue weighted by Crippen LogP contribution is 2.37. The predicted octanol–water partition coefficient (Wildman–Crippen LogP) is 5.53. The Bertz CT molecular complexity index is 1240. The van der Waals surface area contributed by atoms with Gasteiger partial charge in [0.05, 0.1) is 11.7 Å². The molecule has 0 aliphatic carbocycles. The molecule has 1 aromatic carbocycles. The molecule has 0 spiro atoms. The molecule has 6 nitrogen and oxygen atoms in total. The number of anilines is 2. The number of nitrogens with one attached hydrogen (secondary N) is 1. The van der Waals surface area contributed by atoms with Crippen molar-refractivity contribution >= 4 is 28.1 Å². The first kappa shape index (κ1) is 21.3. The number of hydrogen-bond acceptors (Lipinski definition) is 5. The van der Waals surface area contributed by atoms with E-state index in [2.05, 4.69) is 32.3 Å². The molecule has 33 heavy (non-hydrogen) atoms. The number of para-hydroxylation sites is 1. The average molecular weight is 466 g/mol. The van der Waals surface area contributed by atoms with Crippen molar-refractivity contribution in [2.45, 2.75) is 24.9 Å². The first-order valence-electron chi connectivity index (χ1n) is 10.6. The number of nitrogens with zero attached hydrogens (tertiary/aromatic N) is 4. The molecule has 1 aliphatic rings. The van der Waals surface area contributed by atoms with Gasteiger partial charge in [0, 0.05) is 41.8 Å². The third-order valence-electron chi connectivity index (χ3n) is 5.74. The van der Waals surface area contributed by atoms with Crippen molar-refractivity contribution in [1.82, 2.24) is 14.5 Å². The van der Waals surface area contributed by atoms with Gasteiger partial charge in [0.2, 0.25) is 0 Å². The van der Waals surface area contributed by atoms with Gasteiger partial charge in [0.25, 0.3) is 5.91 Å². The SMILES string of the molecule is O=C(Nc1nc([C@H]2CCCN2c2ccccc2)cs1)c1cccn1C(F)(F)c1ccncc1. The largest absolute Gasteiger partial charge is 0.363 e. The Balaban J connectivity index is 1.34. The van der Waals surface area contributed by atoms with Crippen molar-refractivity contribution in [3.05, 3.63) is 95.5 Å². The van der Waals surface area contributed by atoms with E-state index in [4.69, 9.17) is 0 Å². The quantitative estimate of drug-likeness (QED) is 0.407. The maximum absolute atomic E-state index is 15.0. The van der Waals surface area contributed by atoms with Crippen molar-refractivity contribution in [3.63, 3.8) is 0 Å². The highest BCUT2D eigenvalue weighted by atomic mass is 32.1. The number of benzene rings is 1. The van der Waals surface area contributed by atoms with Crippen molar-refractivity contribution in [2.75, 3.05) is 16.8 Å². The molecule has 1 fully saturated rings. The number of halogens is 2. The van der Waals surface area contributed by atoms with Gasteiger partial charge in [-0.3, -0.25) is 19.7 Å². The Morgan fingerprint density at radius 3 is 2.67 bits per heavy atom. The van der Waals surface area contributed by atoms with Crippen LogP contribution >= 0.6 is 11.3 Å². The summed E-state index contributed by atoms with van der Waals surface area (Å²) >= 11 is 1.29. The summed E-state index contributed by atoms with van der Waals surface area (Å²) in [7, 11) is 0. The molecule has 1 atom stereocenters. The molecule has 1 aliphatic heterocycles. The van der Waals surface area contributed by atoms with Crippen LogP contribution in [0.15, 0.2) is 78.6 Å². The maximum Gasteiger partial charge on any atom is 0.356 e. The zero-order valence-electron chi connectivity index (χ0n) is 17.6. The van der Waals surface area contributed by atoms with Crippen LogP contribution in [0.5, 0.6) is 0 Å². The number of thiazole rings is 1. The van der Waals surface area contributed by atoms with Gasteiger partial charge >= 0.3 is 6.05 Å².